The fourth-order valence-corrected chi connectivity index (χ4v) is 2.51. The molecule has 0 amide bonds. The Balaban J connectivity index is 2.25. The van der Waals surface area contributed by atoms with Crippen LogP contribution < -0.4 is 0 Å². The van der Waals surface area contributed by atoms with Crippen molar-refractivity contribution in [2.24, 2.45) is 0 Å². The highest BCUT2D eigenvalue weighted by atomic mass is 79.9. The molecule has 0 heterocycles. The van der Waals surface area contributed by atoms with Crippen LogP contribution in [0.3, 0.4) is 0 Å². The summed E-state index contributed by atoms with van der Waals surface area (Å²) in [6.45, 7) is 0. The lowest BCUT2D eigenvalue weighted by molar-refractivity contribution is 0.178. The van der Waals surface area contributed by atoms with Gasteiger partial charge < -0.3 is 5.11 Å². The molecule has 100 valence electrons. The highest BCUT2D eigenvalue weighted by Gasteiger charge is 2.16. The SMILES string of the molecule is OC(Cc1cccc(Br)c1)c1cc(F)c(F)cc1Cl. The van der Waals surface area contributed by atoms with E-state index >= 15 is 0 Å². The summed E-state index contributed by atoms with van der Waals surface area (Å²) in [6.07, 6.45) is -0.721. The van der Waals surface area contributed by atoms with Crippen molar-refractivity contribution in [3.8, 4) is 0 Å². The summed E-state index contributed by atoms with van der Waals surface area (Å²) < 4.78 is 27.0. The van der Waals surface area contributed by atoms with Crippen molar-refractivity contribution >= 4 is 27.5 Å². The largest absolute Gasteiger partial charge is 0.388 e. The summed E-state index contributed by atoms with van der Waals surface area (Å²) in [5.74, 6) is -2.05. The average molecular weight is 348 g/mol. The van der Waals surface area contributed by atoms with E-state index in [1.54, 1.807) is 0 Å². The summed E-state index contributed by atoms with van der Waals surface area (Å²) in [6, 6.07) is 9.18. The predicted octanol–water partition coefficient (Wildman–Crippen LogP) is 4.66. The van der Waals surface area contributed by atoms with Gasteiger partial charge >= 0.3 is 0 Å². The highest BCUT2D eigenvalue weighted by molar-refractivity contribution is 9.10. The molecule has 1 unspecified atom stereocenters. The van der Waals surface area contributed by atoms with Gasteiger partial charge in [0.05, 0.1) is 6.10 Å². The Hall–Kier alpha value is -0.970. The van der Waals surface area contributed by atoms with E-state index in [1.807, 2.05) is 24.3 Å². The maximum atomic E-state index is 13.2. The molecule has 2 rings (SSSR count). The van der Waals surface area contributed by atoms with Gasteiger partial charge in [0.15, 0.2) is 11.6 Å². The van der Waals surface area contributed by atoms with Gasteiger partial charge in [-0.05, 0) is 29.8 Å². The Bertz CT molecular complexity index is 604. The van der Waals surface area contributed by atoms with Crippen LogP contribution in [0.5, 0.6) is 0 Å². The van der Waals surface area contributed by atoms with Crippen LogP contribution in [0.25, 0.3) is 0 Å². The second-order valence-corrected chi connectivity index (χ2v) is 5.46. The standard InChI is InChI=1S/C14H10BrClF2O/c15-9-3-1-2-8(4-9)5-14(19)10-6-12(17)13(18)7-11(10)16/h1-4,6-7,14,19H,5H2. The van der Waals surface area contributed by atoms with E-state index in [9.17, 15) is 13.9 Å². The minimum Gasteiger partial charge on any atom is -0.388 e. The van der Waals surface area contributed by atoms with E-state index in [1.165, 1.54) is 0 Å². The Morgan fingerprint density at radius 1 is 1.16 bits per heavy atom. The monoisotopic (exact) mass is 346 g/mol. The van der Waals surface area contributed by atoms with Crippen molar-refractivity contribution in [1.82, 2.24) is 0 Å². The van der Waals surface area contributed by atoms with Crippen LogP contribution in [0, 0.1) is 11.6 Å². The summed E-state index contributed by atoms with van der Waals surface area (Å²) in [5, 5.41) is 10.1. The zero-order valence-electron chi connectivity index (χ0n) is 9.71. The van der Waals surface area contributed by atoms with Gasteiger partial charge in [-0.2, -0.15) is 0 Å². The molecule has 0 bridgehead atoms. The molecule has 0 saturated carbocycles. The molecule has 5 heteroatoms. The predicted molar refractivity (Wildman–Crippen MR) is 74.2 cm³/mol. The highest BCUT2D eigenvalue weighted by Crippen LogP contribution is 2.28. The molecular formula is C14H10BrClF2O. The Morgan fingerprint density at radius 3 is 2.53 bits per heavy atom. The number of halogens is 4. The van der Waals surface area contributed by atoms with E-state index in [4.69, 9.17) is 11.6 Å². The molecule has 2 aromatic rings. The Morgan fingerprint density at radius 2 is 1.84 bits per heavy atom. The Kier molecular flexibility index (Phi) is 4.55. The molecule has 0 aliphatic carbocycles. The maximum Gasteiger partial charge on any atom is 0.160 e. The van der Waals surface area contributed by atoms with Crippen molar-refractivity contribution in [2.75, 3.05) is 0 Å². The van der Waals surface area contributed by atoms with Crippen LogP contribution in [-0.4, -0.2) is 5.11 Å². The molecular weight excluding hydrogens is 338 g/mol. The summed E-state index contributed by atoms with van der Waals surface area (Å²) in [5.41, 5.74) is 1.04. The van der Waals surface area contributed by atoms with Gasteiger partial charge in [0, 0.05) is 21.5 Å². The molecule has 1 N–H and O–H groups in total. The first-order chi connectivity index (χ1) is 8.97. The molecule has 0 aliphatic rings. The minimum absolute atomic E-state index is 0.0152. The molecule has 0 aromatic heterocycles. The van der Waals surface area contributed by atoms with Crippen LogP contribution in [0.15, 0.2) is 40.9 Å². The van der Waals surface area contributed by atoms with E-state index in [0.717, 1.165) is 22.2 Å². The second-order valence-electron chi connectivity index (χ2n) is 4.14. The minimum atomic E-state index is -1.02. The molecule has 1 nitrogen and oxygen atoms in total. The second kappa shape index (κ2) is 5.99. The van der Waals surface area contributed by atoms with E-state index in [0.29, 0.717) is 0 Å². The third-order valence-corrected chi connectivity index (χ3v) is 3.54. The third kappa shape index (κ3) is 3.53. The smallest absolute Gasteiger partial charge is 0.160 e. The van der Waals surface area contributed by atoms with E-state index in [2.05, 4.69) is 15.9 Å². The van der Waals surface area contributed by atoms with Crippen LogP contribution in [0.2, 0.25) is 5.02 Å². The topological polar surface area (TPSA) is 20.2 Å². The van der Waals surface area contributed by atoms with Gasteiger partial charge in [0.1, 0.15) is 0 Å². The van der Waals surface area contributed by atoms with Gasteiger partial charge in [0.25, 0.3) is 0 Å². The fraction of sp³-hybridized carbons (Fsp3) is 0.143. The summed E-state index contributed by atoms with van der Waals surface area (Å²) in [7, 11) is 0. The van der Waals surface area contributed by atoms with E-state index < -0.39 is 17.7 Å². The number of aliphatic hydroxyl groups is 1. The Labute approximate surface area is 123 Å². The third-order valence-electron chi connectivity index (χ3n) is 2.72. The maximum absolute atomic E-state index is 13.2. The lowest BCUT2D eigenvalue weighted by atomic mass is 10.0. The molecule has 0 saturated heterocycles. The molecule has 0 spiro atoms. The number of aliphatic hydroxyl groups excluding tert-OH is 1. The molecule has 0 aliphatic heterocycles. The zero-order chi connectivity index (χ0) is 14.0. The first-order valence-electron chi connectivity index (χ1n) is 5.54. The fourth-order valence-electron chi connectivity index (χ4n) is 1.79. The van der Waals surface area contributed by atoms with E-state index in [-0.39, 0.29) is 17.0 Å². The van der Waals surface area contributed by atoms with Gasteiger partial charge in [-0.3, -0.25) is 0 Å². The van der Waals surface area contributed by atoms with Gasteiger partial charge in [-0.15, -0.1) is 0 Å². The number of hydrogen-bond donors (Lipinski definition) is 1. The number of hydrogen-bond acceptors (Lipinski definition) is 1. The van der Waals surface area contributed by atoms with Crippen LogP contribution in [0.4, 0.5) is 8.78 Å². The summed E-state index contributed by atoms with van der Waals surface area (Å²) in [4.78, 5) is 0. The van der Waals surface area contributed by atoms with Gasteiger partial charge in [-0.25, -0.2) is 8.78 Å². The van der Waals surface area contributed by atoms with Crippen LogP contribution in [-0.2, 0) is 6.42 Å². The first kappa shape index (κ1) is 14.4. The van der Waals surface area contributed by atoms with Gasteiger partial charge in [0.2, 0.25) is 0 Å². The van der Waals surface area contributed by atoms with Crippen molar-refractivity contribution < 1.29 is 13.9 Å². The van der Waals surface area contributed by atoms with Crippen molar-refractivity contribution in [3.63, 3.8) is 0 Å². The molecule has 0 radical (unpaired) electrons. The van der Waals surface area contributed by atoms with Crippen LogP contribution >= 0.6 is 27.5 Å². The molecule has 1 atom stereocenters. The van der Waals surface area contributed by atoms with Crippen molar-refractivity contribution in [2.45, 2.75) is 12.5 Å². The average Bonchev–Trinajstić information content (AvgIpc) is 2.33. The number of benzene rings is 2. The number of rotatable bonds is 3. The normalized spacial score (nSPS) is 12.5. The van der Waals surface area contributed by atoms with Crippen molar-refractivity contribution in [1.29, 1.82) is 0 Å². The lowest BCUT2D eigenvalue weighted by Gasteiger charge is -2.13. The quantitative estimate of drug-likeness (QED) is 0.801. The van der Waals surface area contributed by atoms with Crippen LogP contribution in [0.1, 0.15) is 17.2 Å². The zero-order valence-corrected chi connectivity index (χ0v) is 12.0. The molecule has 19 heavy (non-hydrogen) atoms. The lowest BCUT2D eigenvalue weighted by Crippen LogP contribution is -2.04. The first-order valence-corrected chi connectivity index (χ1v) is 6.71. The molecule has 0 fully saturated rings. The molecule has 2 aromatic carbocycles. The summed E-state index contributed by atoms with van der Waals surface area (Å²) >= 11 is 9.14. The van der Waals surface area contributed by atoms with Crippen molar-refractivity contribution in [3.05, 3.63) is 68.7 Å². The van der Waals surface area contributed by atoms with Gasteiger partial charge in [-0.1, -0.05) is 39.7 Å².